The van der Waals surface area contributed by atoms with Crippen LogP contribution >= 0.6 is 0 Å². The van der Waals surface area contributed by atoms with Crippen molar-refractivity contribution in [1.29, 1.82) is 0 Å². The smallest absolute Gasteiger partial charge is 0.131 e. The molecule has 0 unspecified atom stereocenters. The molecule has 0 fully saturated rings. The molecule has 0 heterocycles. The molecule has 0 radical (unpaired) electrons. The van der Waals surface area contributed by atoms with Crippen LogP contribution in [0.4, 0.5) is 0 Å². The van der Waals surface area contributed by atoms with Crippen LogP contribution < -0.4 is 9.47 Å². The van der Waals surface area contributed by atoms with Crippen LogP contribution in [0.2, 0.25) is 0 Å². The minimum atomic E-state index is 0.671. The standard InChI is InChI=1S/C17H20O2/c1-13(2)11-14-7-9-15(10-8-14)19-17-6-4-5-16(12-17)18-3/h4-10,12-13H,11H2,1-3H3. The van der Waals surface area contributed by atoms with Crippen LogP contribution in [0.3, 0.4) is 0 Å². The van der Waals surface area contributed by atoms with Gasteiger partial charge in [0.15, 0.2) is 0 Å². The lowest BCUT2D eigenvalue weighted by Gasteiger charge is -2.09. The van der Waals surface area contributed by atoms with Crippen molar-refractivity contribution in [2.75, 3.05) is 7.11 Å². The molecule has 0 aliphatic carbocycles. The SMILES string of the molecule is COc1cccc(Oc2ccc(CC(C)C)cc2)c1. The van der Waals surface area contributed by atoms with Crippen molar-refractivity contribution in [2.24, 2.45) is 5.92 Å². The lowest BCUT2D eigenvalue weighted by molar-refractivity contribution is 0.409. The van der Waals surface area contributed by atoms with E-state index < -0.39 is 0 Å². The summed E-state index contributed by atoms with van der Waals surface area (Å²) in [5.41, 5.74) is 1.34. The van der Waals surface area contributed by atoms with Crippen molar-refractivity contribution >= 4 is 0 Å². The molecule has 0 aromatic heterocycles. The zero-order chi connectivity index (χ0) is 13.7. The predicted octanol–water partition coefficient (Wildman–Crippen LogP) is 4.69. The third kappa shape index (κ3) is 4.02. The molecular weight excluding hydrogens is 236 g/mol. The van der Waals surface area contributed by atoms with Crippen molar-refractivity contribution in [2.45, 2.75) is 20.3 Å². The molecule has 2 rings (SSSR count). The molecule has 2 nitrogen and oxygen atoms in total. The summed E-state index contributed by atoms with van der Waals surface area (Å²) in [7, 11) is 1.65. The summed E-state index contributed by atoms with van der Waals surface area (Å²) in [5, 5.41) is 0. The van der Waals surface area contributed by atoms with Gasteiger partial charge in [0.2, 0.25) is 0 Å². The summed E-state index contributed by atoms with van der Waals surface area (Å²) in [6.07, 6.45) is 1.10. The minimum Gasteiger partial charge on any atom is -0.497 e. The Hall–Kier alpha value is -1.96. The molecular formula is C17H20O2. The number of benzene rings is 2. The van der Waals surface area contributed by atoms with Crippen LogP contribution in [0, 0.1) is 5.92 Å². The Balaban J connectivity index is 2.06. The first-order valence-electron chi connectivity index (χ1n) is 6.58. The monoisotopic (exact) mass is 256 g/mol. The van der Waals surface area contributed by atoms with E-state index in [1.54, 1.807) is 7.11 Å². The van der Waals surface area contributed by atoms with Gasteiger partial charge in [-0.25, -0.2) is 0 Å². The highest BCUT2D eigenvalue weighted by Crippen LogP contribution is 2.25. The molecule has 2 aromatic carbocycles. The van der Waals surface area contributed by atoms with E-state index in [4.69, 9.17) is 9.47 Å². The molecule has 19 heavy (non-hydrogen) atoms. The average molecular weight is 256 g/mol. The Labute approximate surface area is 115 Å². The largest absolute Gasteiger partial charge is 0.497 e. The summed E-state index contributed by atoms with van der Waals surface area (Å²) in [5.74, 6) is 3.11. The first-order chi connectivity index (χ1) is 9.17. The van der Waals surface area contributed by atoms with Crippen molar-refractivity contribution in [3.05, 3.63) is 54.1 Å². The van der Waals surface area contributed by atoms with E-state index in [1.165, 1.54) is 5.56 Å². The second kappa shape index (κ2) is 6.28. The predicted molar refractivity (Wildman–Crippen MR) is 78.1 cm³/mol. The normalized spacial score (nSPS) is 10.5. The van der Waals surface area contributed by atoms with E-state index in [2.05, 4.69) is 26.0 Å². The van der Waals surface area contributed by atoms with Gasteiger partial charge in [0.25, 0.3) is 0 Å². The number of ether oxygens (including phenoxy) is 2. The number of rotatable bonds is 5. The number of hydrogen-bond donors (Lipinski definition) is 0. The van der Waals surface area contributed by atoms with Gasteiger partial charge < -0.3 is 9.47 Å². The Kier molecular flexibility index (Phi) is 4.45. The van der Waals surface area contributed by atoms with Crippen molar-refractivity contribution in [3.63, 3.8) is 0 Å². The maximum absolute atomic E-state index is 5.80. The van der Waals surface area contributed by atoms with Crippen molar-refractivity contribution < 1.29 is 9.47 Å². The first-order valence-corrected chi connectivity index (χ1v) is 6.58. The first kappa shape index (κ1) is 13.5. The molecule has 0 aliphatic rings. The van der Waals surface area contributed by atoms with E-state index in [9.17, 15) is 0 Å². The highest BCUT2D eigenvalue weighted by atomic mass is 16.5. The van der Waals surface area contributed by atoms with Gasteiger partial charge in [0, 0.05) is 6.07 Å². The molecule has 0 N–H and O–H groups in total. The van der Waals surface area contributed by atoms with Crippen LogP contribution in [0.5, 0.6) is 17.2 Å². The van der Waals surface area contributed by atoms with E-state index in [0.29, 0.717) is 5.92 Å². The Morgan fingerprint density at radius 2 is 1.58 bits per heavy atom. The highest BCUT2D eigenvalue weighted by Gasteiger charge is 2.01. The summed E-state index contributed by atoms with van der Waals surface area (Å²) in [4.78, 5) is 0. The summed E-state index contributed by atoms with van der Waals surface area (Å²) < 4.78 is 11.0. The second-order valence-electron chi connectivity index (χ2n) is 5.02. The van der Waals surface area contributed by atoms with E-state index >= 15 is 0 Å². The van der Waals surface area contributed by atoms with Crippen LogP contribution in [-0.2, 0) is 6.42 Å². The van der Waals surface area contributed by atoms with Crippen LogP contribution in [-0.4, -0.2) is 7.11 Å². The fraction of sp³-hybridized carbons (Fsp3) is 0.294. The quantitative estimate of drug-likeness (QED) is 0.773. The van der Waals surface area contributed by atoms with Gasteiger partial charge in [-0.05, 0) is 42.2 Å². The molecule has 0 saturated carbocycles. The molecule has 100 valence electrons. The van der Waals surface area contributed by atoms with Crippen LogP contribution in [0.25, 0.3) is 0 Å². The second-order valence-corrected chi connectivity index (χ2v) is 5.02. The zero-order valence-electron chi connectivity index (χ0n) is 11.7. The summed E-state index contributed by atoms with van der Waals surface area (Å²) in [6.45, 7) is 4.45. The average Bonchev–Trinajstić information content (AvgIpc) is 2.41. The third-order valence-electron chi connectivity index (χ3n) is 2.84. The fourth-order valence-corrected chi connectivity index (χ4v) is 1.97. The minimum absolute atomic E-state index is 0.671. The number of methoxy groups -OCH3 is 1. The molecule has 2 heteroatoms. The van der Waals surface area contributed by atoms with E-state index in [1.807, 2.05) is 36.4 Å². The highest BCUT2D eigenvalue weighted by molar-refractivity contribution is 5.37. The molecule has 0 saturated heterocycles. The Morgan fingerprint density at radius 1 is 0.895 bits per heavy atom. The van der Waals surface area contributed by atoms with Gasteiger partial charge in [-0.15, -0.1) is 0 Å². The van der Waals surface area contributed by atoms with Gasteiger partial charge in [0.05, 0.1) is 7.11 Å². The molecule has 0 aliphatic heterocycles. The lowest BCUT2D eigenvalue weighted by Crippen LogP contribution is -1.93. The molecule has 0 amide bonds. The molecule has 0 spiro atoms. The third-order valence-corrected chi connectivity index (χ3v) is 2.84. The van der Waals surface area contributed by atoms with Crippen LogP contribution in [0.15, 0.2) is 48.5 Å². The molecule has 0 atom stereocenters. The van der Waals surface area contributed by atoms with Gasteiger partial charge in [0.1, 0.15) is 17.2 Å². The van der Waals surface area contributed by atoms with Gasteiger partial charge in [-0.2, -0.15) is 0 Å². The number of hydrogen-bond acceptors (Lipinski definition) is 2. The van der Waals surface area contributed by atoms with Crippen molar-refractivity contribution in [3.8, 4) is 17.2 Å². The van der Waals surface area contributed by atoms with E-state index in [0.717, 1.165) is 23.7 Å². The lowest BCUT2D eigenvalue weighted by atomic mass is 10.0. The van der Waals surface area contributed by atoms with Gasteiger partial charge in [-0.1, -0.05) is 32.0 Å². The fourth-order valence-electron chi connectivity index (χ4n) is 1.97. The summed E-state index contributed by atoms with van der Waals surface area (Å²) in [6, 6.07) is 15.9. The van der Waals surface area contributed by atoms with E-state index in [-0.39, 0.29) is 0 Å². The maximum atomic E-state index is 5.80. The van der Waals surface area contributed by atoms with Gasteiger partial charge in [-0.3, -0.25) is 0 Å². The zero-order valence-corrected chi connectivity index (χ0v) is 11.7. The molecule has 0 bridgehead atoms. The van der Waals surface area contributed by atoms with Crippen LogP contribution in [0.1, 0.15) is 19.4 Å². The summed E-state index contributed by atoms with van der Waals surface area (Å²) >= 11 is 0. The Morgan fingerprint density at radius 3 is 2.21 bits per heavy atom. The van der Waals surface area contributed by atoms with Crippen molar-refractivity contribution in [1.82, 2.24) is 0 Å². The Bertz CT molecular complexity index is 515. The van der Waals surface area contributed by atoms with Gasteiger partial charge >= 0.3 is 0 Å². The maximum Gasteiger partial charge on any atom is 0.131 e. The topological polar surface area (TPSA) is 18.5 Å². The molecule has 2 aromatic rings.